The number of allylic oxidation sites excluding steroid dienone is 7. The number of ether oxygens (including phenoxy) is 3. The number of carbonyl (C=O) groups is 1. The van der Waals surface area contributed by atoms with Gasteiger partial charge in [0.25, 0.3) is 0 Å². The summed E-state index contributed by atoms with van der Waals surface area (Å²) in [6.07, 6.45) is 9.18. The molecule has 40 heavy (non-hydrogen) atoms. The van der Waals surface area contributed by atoms with Crippen LogP contribution < -0.4 is 9.47 Å². The first-order chi connectivity index (χ1) is 19.6. The molecule has 0 amide bonds. The lowest BCUT2D eigenvalue weighted by molar-refractivity contribution is -0.110. The van der Waals surface area contributed by atoms with Gasteiger partial charge in [0.2, 0.25) is 0 Å². The summed E-state index contributed by atoms with van der Waals surface area (Å²) in [5.74, 6) is 2.61. The Morgan fingerprint density at radius 1 is 0.775 bits per heavy atom. The van der Waals surface area contributed by atoms with E-state index in [0.717, 1.165) is 50.7 Å². The van der Waals surface area contributed by atoms with E-state index in [9.17, 15) is 4.79 Å². The van der Waals surface area contributed by atoms with E-state index in [2.05, 4.69) is 34.9 Å². The van der Waals surface area contributed by atoms with Crippen molar-refractivity contribution >= 4 is 5.78 Å². The molecule has 0 radical (unpaired) electrons. The van der Waals surface area contributed by atoms with Crippen LogP contribution >= 0.6 is 0 Å². The van der Waals surface area contributed by atoms with Gasteiger partial charge in [0.15, 0.2) is 17.3 Å². The predicted octanol–water partition coefficient (Wildman–Crippen LogP) is 6.36. The molecule has 196 valence electrons. The third kappa shape index (κ3) is 3.22. The first-order valence-corrected chi connectivity index (χ1v) is 13.0. The molecule has 2 heterocycles. The van der Waals surface area contributed by atoms with Crippen LogP contribution in [0.25, 0.3) is 28.2 Å². The summed E-state index contributed by atoms with van der Waals surface area (Å²) < 4.78 is 19.5. The fraction of sp³-hybridized carbons (Fsp3) is 0.118. The Hall–Kier alpha value is -5.10. The number of nitrogens with zero attached hydrogens (tertiary/aromatic N) is 2. The number of hydrogen-bond acceptors (Lipinski definition) is 5. The van der Waals surface area contributed by atoms with Crippen LogP contribution in [-0.2, 0) is 14.9 Å². The van der Waals surface area contributed by atoms with Crippen molar-refractivity contribution in [1.82, 2.24) is 9.55 Å². The van der Waals surface area contributed by atoms with E-state index in [1.807, 2.05) is 60.7 Å². The molecule has 0 saturated carbocycles. The zero-order valence-electron chi connectivity index (χ0n) is 22.3. The summed E-state index contributed by atoms with van der Waals surface area (Å²) in [5.41, 5.74) is 6.50. The average molecular weight is 527 g/mol. The van der Waals surface area contributed by atoms with Crippen LogP contribution in [0.1, 0.15) is 11.4 Å². The zero-order chi connectivity index (χ0) is 27.4. The number of benzene rings is 3. The highest BCUT2D eigenvalue weighted by atomic mass is 16.5. The van der Waals surface area contributed by atoms with Gasteiger partial charge in [-0.3, -0.25) is 9.36 Å². The molecule has 0 saturated heterocycles. The highest BCUT2D eigenvalue weighted by Crippen LogP contribution is 2.57. The van der Waals surface area contributed by atoms with Crippen molar-refractivity contribution in [2.75, 3.05) is 21.3 Å². The van der Waals surface area contributed by atoms with Crippen LogP contribution in [0.3, 0.4) is 0 Å². The van der Waals surface area contributed by atoms with E-state index in [0.29, 0.717) is 17.3 Å². The third-order valence-electron chi connectivity index (χ3n) is 7.88. The summed E-state index contributed by atoms with van der Waals surface area (Å²) in [6, 6.07) is 24.5. The van der Waals surface area contributed by atoms with E-state index in [1.54, 1.807) is 33.5 Å². The van der Waals surface area contributed by atoms with Gasteiger partial charge in [0.05, 0.1) is 38.4 Å². The van der Waals surface area contributed by atoms with Gasteiger partial charge >= 0.3 is 0 Å². The third-order valence-corrected chi connectivity index (χ3v) is 7.88. The molecule has 2 aliphatic carbocycles. The van der Waals surface area contributed by atoms with Crippen LogP contribution in [-0.4, -0.2) is 36.7 Å². The predicted molar refractivity (Wildman–Crippen MR) is 154 cm³/mol. The van der Waals surface area contributed by atoms with Gasteiger partial charge in [-0.15, -0.1) is 0 Å². The Balaban J connectivity index is 1.64. The maximum Gasteiger partial charge on any atom is 0.179 e. The number of rotatable bonds is 5. The van der Waals surface area contributed by atoms with Crippen LogP contribution in [0.2, 0.25) is 0 Å². The summed E-state index contributed by atoms with van der Waals surface area (Å²) >= 11 is 0. The summed E-state index contributed by atoms with van der Waals surface area (Å²) in [4.78, 5) is 18.3. The van der Waals surface area contributed by atoms with Gasteiger partial charge in [-0.05, 0) is 35.9 Å². The summed E-state index contributed by atoms with van der Waals surface area (Å²) in [5, 5.41) is 0. The monoisotopic (exact) mass is 526 g/mol. The molecule has 1 aliphatic heterocycles. The molecular weight excluding hydrogens is 500 g/mol. The van der Waals surface area contributed by atoms with Gasteiger partial charge in [0.1, 0.15) is 17.0 Å². The van der Waals surface area contributed by atoms with E-state index in [1.165, 1.54) is 0 Å². The molecule has 1 aromatic heterocycles. The second-order valence-electron chi connectivity index (χ2n) is 9.84. The lowest BCUT2D eigenvalue weighted by Crippen LogP contribution is -2.32. The van der Waals surface area contributed by atoms with Crippen LogP contribution in [0.4, 0.5) is 0 Å². The first-order valence-electron chi connectivity index (χ1n) is 13.0. The largest absolute Gasteiger partial charge is 0.496 e. The fourth-order valence-corrected chi connectivity index (χ4v) is 6.12. The molecule has 1 atom stereocenters. The summed E-state index contributed by atoms with van der Waals surface area (Å²) in [6.45, 7) is 0. The maximum atomic E-state index is 12.9. The molecule has 0 N–H and O–H groups in total. The van der Waals surface area contributed by atoms with Gasteiger partial charge < -0.3 is 14.2 Å². The van der Waals surface area contributed by atoms with Crippen LogP contribution in [0.15, 0.2) is 120 Å². The Kier molecular flexibility index (Phi) is 5.39. The van der Waals surface area contributed by atoms with Gasteiger partial charge in [-0.1, -0.05) is 66.7 Å². The highest BCUT2D eigenvalue weighted by molar-refractivity contribution is 6.04. The topological polar surface area (TPSA) is 62.6 Å². The minimum absolute atomic E-state index is 0.0810. The number of imidazole rings is 1. The molecule has 3 aromatic carbocycles. The Morgan fingerprint density at radius 2 is 1.45 bits per heavy atom. The smallest absolute Gasteiger partial charge is 0.179 e. The molecule has 0 fully saturated rings. The van der Waals surface area contributed by atoms with E-state index in [-0.39, 0.29) is 5.78 Å². The van der Waals surface area contributed by atoms with Crippen LogP contribution in [0, 0.1) is 0 Å². The molecule has 1 spiro atoms. The number of ketones is 1. The Labute approximate surface area is 232 Å². The molecule has 0 bridgehead atoms. The Bertz CT molecular complexity index is 1810. The van der Waals surface area contributed by atoms with E-state index in [4.69, 9.17) is 19.2 Å². The first kappa shape index (κ1) is 24.0. The van der Waals surface area contributed by atoms with Crippen molar-refractivity contribution in [3.8, 4) is 39.7 Å². The molecule has 6 nitrogen and oxygen atoms in total. The number of fused-ring (bicyclic) bond motifs is 7. The Morgan fingerprint density at radius 3 is 2.12 bits per heavy atom. The second-order valence-corrected chi connectivity index (χ2v) is 9.84. The standard InChI is InChI=1S/C34H26N2O4/c1-38-28-16-17-34(25-18-23(37)14-15-24(25)28)26-19-29(39-2)30(40-3)20-27(26)36-32(22-12-8-5-9-13-22)31(35-33(34)36)21-10-6-4-7-11-21/h4-20H,1-3H3. The quantitative estimate of drug-likeness (QED) is 0.303. The lowest BCUT2D eigenvalue weighted by atomic mass is 9.67. The molecule has 1 unspecified atom stereocenters. The molecule has 4 aromatic rings. The normalized spacial score (nSPS) is 18.4. The SMILES string of the molecule is COC1=C2C=CC(=O)C=C2C2(C=C1)c1cc(OC)c(OC)cc1-n1c2nc(-c2ccccc2)c1-c1ccccc1. The second kappa shape index (κ2) is 8.99. The number of methoxy groups -OCH3 is 3. The van der Waals surface area contributed by atoms with E-state index < -0.39 is 5.41 Å². The highest BCUT2D eigenvalue weighted by Gasteiger charge is 2.52. The zero-order valence-corrected chi connectivity index (χ0v) is 22.3. The van der Waals surface area contributed by atoms with Gasteiger partial charge in [-0.25, -0.2) is 4.98 Å². The van der Waals surface area contributed by atoms with Gasteiger partial charge in [0, 0.05) is 28.3 Å². The van der Waals surface area contributed by atoms with Crippen molar-refractivity contribution < 1.29 is 19.0 Å². The van der Waals surface area contributed by atoms with Crippen LogP contribution in [0.5, 0.6) is 11.5 Å². The van der Waals surface area contributed by atoms with Crippen molar-refractivity contribution in [1.29, 1.82) is 0 Å². The number of hydrogen-bond donors (Lipinski definition) is 0. The lowest BCUT2D eigenvalue weighted by Gasteiger charge is -2.34. The minimum atomic E-state index is -0.872. The maximum absolute atomic E-state index is 12.9. The fourth-order valence-electron chi connectivity index (χ4n) is 6.12. The van der Waals surface area contributed by atoms with Crippen molar-refractivity contribution in [2.24, 2.45) is 0 Å². The molecular formula is C34H26N2O4. The average Bonchev–Trinajstić information content (AvgIpc) is 3.52. The van der Waals surface area contributed by atoms with Gasteiger partial charge in [-0.2, -0.15) is 0 Å². The molecule has 7 rings (SSSR count). The number of aromatic nitrogens is 2. The summed E-state index contributed by atoms with van der Waals surface area (Å²) in [7, 11) is 4.91. The molecule has 3 aliphatic rings. The number of carbonyl (C=O) groups excluding carboxylic acids is 1. The van der Waals surface area contributed by atoms with E-state index >= 15 is 0 Å². The van der Waals surface area contributed by atoms with Crippen molar-refractivity contribution in [3.63, 3.8) is 0 Å². The molecule has 6 heteroatoms. The van der Waals surface area contributed by atoms with Crippen molar-refractivity contribution in [2.45, 2.75) is 5.41 Å². The van der Waals surface area contributed by atoms with Crippen molar-refractivity contribution in [3.05, 3.63) is 131 Å². The minimum Gasteiger partial charge on any atom is -0.496 e.